The molecule has 2 aromatic rings. The van der Waals surface area contributed by atoms with Crippen LogP contribution in [0, 0.1) is 13.8 Å². The number of hydrogen-bond acceptors (Lipinski definition) is 4. The number of fused-ring (bicyclic) bond motifs is 1. The van der Waals surface area contributed by atoms with E-state index in [9.17, 15) is 14.4 Å². The molecule has 8 heteroatoms. The first-order valence-corrected chi connectivity index (χ1v) is 6.34. The Morgan fingerprint density at radius 1 is 1.38 bits per heavy atom. The van der Waals surface area contributed by atoms with Crippen molar-refractivity contribution in [2.24, 2.45) is 7.05 Å². The Bertz CT molecular complexity index is 788. The van der Waals surface area contributed by atoms with E-state index in [1.165, 1.54) is 4.68 Å². The van der Waals surface area contributed by atoms with E-state index in [1.807, 2.05) is 0 Å². The van der Waals surface area contributed by atoms with E-state index in [-0.39, 0.29) is 12.0 Å². The van der Waals surface area contributed by atoms with Gasteiger partial charge < -0.3 is 10.4 Å². The van der Waals surface area contributed by atoms with Gasteiger partial charge in [-0.15, -0.1) is 0 Å². The highest BCUT2D eigenvalue weighted by Gasteiger charge is 2.17. The topological polar surface area (TPSA) is 117 Å². The number of carboxylic acids is 1. The van der Waals surface area contributed by atoms with E-state index < -0.39 is 18.4 Å². The number of carbonyl (C=O) groups excluding carboxylic acids is 1. The van der Waals surface area contributed by atoms with Crippen LogP contribution in [-0.4, -0.2) is 38.3 Å². The van der Waals surface area contributed by atoms with Gasteiger partial charge in [0.1, 0.15) is 6.54 Å². The highest BCUT2D eigenvalue weighted by molar-refractivity contribution is 5.86. The van der Waals surface area contributed by atoms with Gasteiger partial charge >= 0.3 is 5.97 Å². The van der Waals surface area contributed by atoms with Gasteiger partial charge in [-0.05, 0) is 25.0 Å². The summed E-state index contributed by atoms with van der Waals surface area (Å²) < 4.78 is 1.53. The summed E-state index contributed by atoms with van der Waals surface area (Å²) in [6.45, 7) is 3.08. The first kappa shape index (κ1) is 14.8. The zero-order valence-electron chi connectivity index (χ0n) is 12.0. The van der Waals surface area contributed by atoms with Gasteiger partial charge in [0.05, 0.1) is 11.8 Å². The van der Waals surface area contributed by atoms with Gasteiger partial charge in [0.15, 0.2) is 5.65 Å². The molecular formula is C13H16N4O4. The van der Waals surface area contributed by atoms with E-state index >= 15 is 0 Å². The summed E-state index contributed by atoms with van der Waals surface area (Å²) in [6, 6.07) is 0. The van der Waals surface area contributed by atoms with Crippen molar-refractivity contribution < 1.29 is 14.7 Å². The maximum Gasteiger partial charge on any atom is 0.322 e. The minimum atomic E-state index is -1.11. The summed E-state index contributed by atoms with van der Waals surface area (Å²) in [6.07, 6.45) is -0.0117. The molecule has 0 fully saturated rings. The van der Waals surface area contributed by atoms with Crippen molar-refractivity contribution in [1.29, 1.82) is 0 Å². The molecule has 3 N–H and O–H groups in total. The van der Waals surface area contributed by atoms with Gasteiger partial charge in [-0.1, -0.05) is 0 Å². The number of aromatic amines is 1. The summed E-state index contributed by atoms with van der Waals surface area (Å²) >= 11 is 0. The smallest absolute Gasteiger partial charge is 0.322 e. The van der Waals surface area contributed by atoms with Gasteiger partial charge in [-0.3, -0.25) is 24.2 Å². The van der Waals surface area contributed by atoms with E-state index in [2.05, 4.69) is 15.4 Å². The third kappa shape index (κ3) is 2.78. The maximum atomic E-state index is 11.9. The molecule has 21 heavy (non-hydrogen) atoms. The largest absolute Gasteiger partial charge is 0.480 e. The molecular weight excluding hydrogens is 276 g/mol. The van der Waals surface area contributed by atoms with Crippen molar-refractivity contribution in [1.82, 2.24) is 20.1 Å². The van der Waals surface area contributed by atoms with Crippen molar-refractivity contribution >= 4 is 22.9 Å². The molecule has 0 aliphatic heterocycles. The van der Waals surface area contributed by atoms with E-state index in [0.717, 1.165) is 0 Å². The summed E-state index contributed by atoms with van der Waals surface area (Å²) in [4.78, 5) is 38.4. The molecule has 112 valence electrons. The summed E-state index contributed by atoms with van der Waals surface area (Å²) in [5.74, 6) is -1.53. The lowest BCUT2D eigenvalue weighted by Gasteiger charge is -2.10. The second-order valence-electron chi connectivity index (χ2n) is 4.85. The van der Waals surface area contributed by atoms with Crippen LogP contribution in [-0.2, 0) is 23.1 Å². The highest BCUT2D eigenvalue weighted by Crippen LogP contribution is 2.20. The summed E-state index contributed by atoms with van der Waals surface area (Å²) in [5, 5.41) is 13.9. The van der Waals surface area contributed by atoms with Crippen LogP contribution in [0.4, 0.5) is 0 Å². The van der Waals surface area contributed by atoms with Crippen molar-refractivity contribution in [2.75, 3.05) is 6.54 Å². The minimum Gasteiger partial charge on any atom is -0.480 e. The number of amides is 1. The Labute approximate surface area is 119 Å². The standard InChI is InChI=1S/C13H16N4O4/c1-6-8(4-9(18)14-5-10(19)20)7(2)15-12-11(6)13(21)16-17(12)3/h4-5H2,1-3H3,(H,14,18)(H,16,21)(H,19,20). The number of nitrogens with one attached hydrogen (secondary N) is 2. The van der Waals surface area contributed by atoms with E-state index in [4.69, 9.17) is 5.11 Å². The quantitative estimate of drug-likeness (QED) is 0.710. The molecule has 0 unspecified atom stereocenters. The fraction of sp³-hybridized carbons (Fsp3) is 0.385. The average molecular weight is 292 g/mol. The number of hydrogen-bond donors (Lipinski definition) is 3. The number of H-pyrrole nitrogens is 1. The molecule has 0 bridgehead atoms. The minimum absolute atomic E-state index is 0.0117. The first-order chi connectivity index (χ1) is 9.81. The predicted molar refractivity (Wildman–Crippen MR) is 75.2 cm³/mol. The van der Waals surface area contributed by atoms with Crippen molar-refractivity contribution in [3.8, 4) is 0 Å². The van der Waals surface area contributed by atoms with Crippen LogP contribution < -0.4 is 10.9 Å². The Kier molecular flexibility index (Phi) is 3.79. The number of carboxylic acid groups (broad SMARTS) is 1. The van der Waals surface area contributed by atoms with Crippen LogP contribution in [0.15, 0.2) is 4.79 Å². The molecule has 0 aromatic carbocycles. The number of rotatable bonds is 4. The molecule has 0 radical (unpaired) electrons. The van der Waals surface area contributed by atoms with Crippen LogP contribution >= 0.6 is 0 Å². The maximum absolute atomic E-state index is 11.9. The lowest BCUT2D eigenvalue weighted by molar-refractivity contribution is -0.137. The SMILES string of the molecule is Cc1nc2c(c(C)c1CC(=O)NCC(=O)O)c(=O)[nH]n2C. The molecule has 0 aliphatic carbocycles. The van der Waals surface area contributed by atoms with E-state index in [1.54, 1.807) is 20.9 Å². The van der Waals surface area contributed by atoms with Gasteiger partial charge in [-0.25, -0.2) is 4.98 Å². The van der Waals surface area contributed by atoms with Gasteiger partial charge in [0, 0.05) is 12.7 Å². The number of aliphatic carboxylic acids is 1. The molecule has 0 aliphatic rings. The second kappa shape index (κ2) is 5.39. The van der Waals surface area contributed by atoms with Crippen LogP contribution in [0.2, 0.25) is 0 Å². The van der Waals surface area contributed by atoms with Gasteiger partial charge in [-0.2, -0.15) is 0 Å². The highest BCUT2D eigenvalue weighted by atomic mass is 16.4. The molecule has 0 saturated carbocycles. The fourth-order valence-electron chi connectivity index (χ4n) is 2.31. The van der Waals surface area contributed by atoms with Gasteiger partial charge in [0.2, 0.25) is 5.91 Å². The predicted octanol–water partition coefficient (Wildman–Crippen LogP) is -0.378. The molecule has 8 nitrogen and oxygen atoms in total. The monoisotopic (exact) mass is 292 g/mol. The number of carbonyl (C=O) groups is 2. The number of aryl methyl sites for hydroxylation is 3. The van der Waals surface area contributed by atoms with Gasteiger partial charge in [0.25, 0.3) is 5.56 Å². The summed E-state index contributed by atoms with van der Waals surface area (Å²) in [5.41, 5.74) is 2.24. The van der Waals surface area contributed by atoms with Crippen molar-refractivity contribution in [2.45, 2.75) is 20.3 Å². The zero-order chi connectivity index (χ0) is 15.7. The lowest BCUT2D eigenvalue weighted by atomic mass is 10.0. The Morgan fingerprint density at radius 3 is 2.67 bits per heavy atom. The van der Waals surface area contributed by atoms with Crippen LogP contribution in [0.5, 0.6) is 0 Å². The lowest BCUT2D eigenvalue weighted by Crippen LogP contribution is -2.31. The number of pyridine rings is 1. The average Bonchev–Trinajstić information content (AvgIpc) is 2.67. The molecule has 0 spiro atoms. The van der Waals surface area contributed by atoms with E-state index in [0.29, 0.717) is 27.9 Å². The fourth-order valence-corrected chi connectivity index (χ4v) is 2.31. The second-order valence-corrected chi connectivity index (χ2v) is 4.85. The zero-order valence-corrected chi connectivity index (χ0v) is 12.0. The van der Waals surface area contributed by atoms with Crippen molar-refractivity contribution in [3.63, 3.8) is 0 Å². The molecule has 1 amide bonds. The first-order valence-electron chi connectivity index (χ1n) is 6.34. The Morgan fingerprint density at radius 2 is 2.05 bits per heavy atom. The van der Waals surface area contributed by atoms with Crippen LogP contribution in [0.1, 0.15) is 16.8 Å². The van der Waals surface area contributed by atoms with Crippen molar-refractivity contribution in [3.05, 3.63) is 27.2 Å². The van der Waals surface area contributed by atoms with Crippen LogP contribution in [0.25, 0.3) is 11.0 Å². The molecule has 2 aromatic heterocycles. The Hall–Kier alpha value is -2.64. The third-order valence-electron chi connectivity index (χ3n) is 3.35. The summed E-state index contributed by atoms with van der Waals surface area (Å²) in [7, 11) is 1.69. The molecule has 2 rings (SSSR count). The molecule has 2 heterocycles. The van der Waals surface area contributed by atoms with Crippen LogP contribution in [0.3, 0.4) is 0 Å². The molecule has 0 atom stereocenters. The number of nitrogens with zero attached hydrogens (tertiary/aromatic N) is 2. The Balaban J connectivity index is 2.40. The number of aromatic nitrogens is 3. The third-order valence-corrected chi connectivity index (χ3v) is 3.35. The molecule has 0 saturated heterocycles. The normalized spacial score (nSPS) is 10.8.